The van der Waals surface area contributed by atoms with Crippen LogP contribution in [0.3, 0.4) is 0 Å². The quantitative estimate of drug-likeness (QED) is 0.756. The van der Waals surface area contributed by atoms with Crippen molar-refractivity contribution in [2.45, 2.75) is 22.6 Å². The molecule has 1 atom stereocenters. The molecular formula is C16H26N2O5S2. The fraction of sp³-hybridized carbons (Fsp3) is 0.625. The highest BCUT2D eigenvalue weighted by atomic mass is 32.2. The average molecular weight is 391 g/mol. The van der Waals surface area contributed by atoms with Crippen molar-refractivity contribution in [2.24, 2.45) is 5.41 Å². The first-order valence-corrected chi connectivity index (χ1v) is 11.4. The number of aliphatic hydroxyl groups excluding tert-OH is 1. The Labute approximate surface area is 150 Å². The lowest BCUT2D eigenvalue weighted by molar-refractivity contribution is 0.0409. The third kappa shape index (κ3) is 4.59. The highest BCUT2D eigenvalue weighted by Crippen LogP contribution is 2.33. The number of hydrogen-bond donors (Lipinski definition) is 1. The van der Waals surface area contributed by atoms with Crippen molar-refractivity contribution in [3.8, 4) is 0 Å². The molecule has 25 heavy (non-hydrogen) atoms. The van der Waals surface area contributed by atoms with Crippen LogP contribution in [0, 0.1) is 5.41 Å². The van der Waals surface area contributed by atoms with Gasteiger partial charge in [-0.25, -0.2) is 16.8 Å². The van der Waals surface area contributed by atoms with Gasteiger partial charge in [0.15, 0.2) is 9.84 Å². The third-order valence-corrected chi connectivity index (χ3v) is 7.49. The lowest BCUT2D eigenvalue weighted by atomic mass is 9.81. The van der Waals surface area contributed by atoms with Crippen LogP contribution in [0.15, 0.2) is 34.1 Å². The first-order chi connectivity index (χ1) is 11.5. The van der Waals surface area contributed by atoms with Crippen molar-refractivity contribution in [1.82, 2.24) is 9.21 Å². The summed E-state index contributed by atoms with van der Waals surface area (Å²) < 4.78 is 50.3. The summed E-state index contributed by atoms with van der Waals surface area (Å²) in [5.74, 6) is 0. The Morgan fingerprint density at radius 1 is 1.12 bits per heavy atom. The highest BCUT2D eigenvalue weighted by molar-refractivity contribution is 7.90. The second kappa shape index (κ2) is 7.32. The van der Waals surface area contributed by atoms with Crippen LogP contribution in [0.25, 0.3) is 0 Å². The van der Waals surface area contributed by atoms with Crippen LogP contribution in [-0.2, 0) is 19.9 Å². The SMILES string of the molecule is CN(C)CC1(CO)CCCN(S(=O)(=O)c2ccc(S(C)(=O)=O)cc2)C1. The molecule has 9 heteroatoms. The van der Waals surface area contributed by atoms with Gasteiger partial charge in [0.25, 0.3) is 0 Å². The second-order valence-electron chi connectivity index (χ2n) is 7.08. The van der Waals surface area contributed by atoms with Gasteiger partial charge < -0.3 is 10.0 Å². The second-order valence-corrected chi connectivity index (χ2v) is 11.0. The van der Waals surface area contributed by atoms with E-state index < -0.39 is 25.3 Å². The van der Waals surface area contributed by atoms with E-state index in [0.29, 0.717) is 19.5 Å². The van der Waals surface area contributed by atoms with E-state index in [1.54, 1.807) is 0 Å². The van der Waals surface area contributed by atoms with E-state index in [2.05, 4.69) is 0 Å². The molecule has 1 aromatic carbocycles. The standard InChI is InChI=1S/C16H26N2O5S2/c1-17(2)11-16(13-19)9-4-10-18(12-16)25(22,23)15-7-5-14(6-8-15)24(3,20)21/h5-8,19H,4,9-13H2,1-3H3. The molecule has 1 heterocycles. The molecule has 2 rings (SSSR count). The number of aliphatic hydroxyl groups is 1. The summed E-state index contributed by atoms with van der Waals surface area (Å²) in [6, 6.07) is 5.27. The van der Waals surface area contributed by atoms with Gasteiger partial charge in [-0.3, -0.25) is 0 Å². The fourth-order valence-electron chi connectivity index (χ4n) is 3.35. The summed E-state index contributed by atoms with van der Waals surface area (Å²) >= 11 is 0. The van der Waals surface area contributed by atoms with E-state index in [9.17, 15) is 21.9 Å². The first-order valence-electron chi connectivity index (χ1n) is 8.06. The van der Waals surface area contributed by atoms with Gasteiger partial charge in [-0.05, 0) is 51.2 Å². The molecule has 1 saturated heterocycles. The molecule has 1 fully saturated rings. The van der Waals surface area contributed by atoms with Crippen LogP contribution in [0.5, 0.6) is 0 Å². The molecule has 0 spiro atoms. The molecule has 0 saturated carbocycles. The van der Waals surface area contributed by atoms with E-state index in [4.69, 9.17) is 0 Å². The molecule has 1 aromatic rings. The van der Waals surface area contributed by atoms with Crippen molar-refractivity contribution in [3.63, 3.8) is 0 Å². The van der Waals surface area contributed by atoms with Gasteiger partial charge in [-0.2, -0.15) is 4.31 Å². The maximum Gasteiger partial charge on any atom is 0.243 e. The molecule has 1 unspecified atom stereocenters. The number of piperidine rings is 1. The van der Waals surface area contributed by atoms with Gasteiger partial charge >= 0.3 is 0 Å². The van der Waals surface area contributed by atoms with Crippen molar-refractivity contribution >= 4 is 19.9 Å². The summed E-state index contributed by atoms with van der Waals surface area (Å²) in [4.78, 5) is 2.11. The summed E-state index contributed by atoms with van der Waals surface area (Å²) in [6.07, 6.45) is 2.52. The zero-order chi connectivity index (χ0) is 18.9. The number of hydrogen-bond acceptors (Lipinski definition) is 6. The Morgan fingerprint density at radius 2 is 1.68 bits per heavy atom. The van der Waals surface area contributed by atoms with E-state index in [1.165, 1.54) is 28.6 Å². The summed E-state index contributed by atoms with van der Waals surface area (Å²) in [5, 5.41) is 9.86. The topological polar surface area (TPSA) is 95.0 Å². The average Bonchev–Trinajstić information content (AvgIpc) is 2.53. The van der Waals surface area contributed by atoms with Gasteiger partial charge in [-0.1, -0.05) is 0 Å². The lowest BCUT2D eigenvalue weighted by Gasteiger charge is -2.42. The molecule has 1 N–H and O–H groups in total. The van der Waals surface area contributed by atoms with Gasteiger partial charge in [0.2, 0.25) is 10.0 Å². The number of sulfone groups is 1. The van der Waals surface area contributed by atoms with Crippen LogP contribution in [0.4, 0.5) is 0 Å². The fourth-order valence-corrected chi connectivity index (χ4v) is 5.58. The highest BCUT2D eigenvalue weighted by Gasteiger charge is 2.40. The van der Waals surface area contributed by atoms with Crippen molar-refractivity contribution in [2.75, 3.05) is 46.6 Å². The monoisotopic (exact) mass is 390 g/mol. The predicted octanol–water partition coefficient (Wildman–Crippen LogP) is 0.415. The van der Waals surface area contributed by atoms with Crippen LogP contribution in [-0.4, -0.2) is 77.7 Å². The van der Waals surface area contributed by atoms with Crippen molar-refractivity contribution < 1.29 is 21.9 Å². The molecule has 142 valence electrons. The summed E-state index contributed by atoms with van der Waals surface area (Å²) in [6.45, 7) is 1.16. The minimum atomic E-state index is -3.73. The summed E-state index contributed by atoms with van der Waals surface area (Å²) in [7, 11) is -3.31. The van der Waals surface area contributed by atoms with Gasteiger partial charge in [0, 0.05) is 31.3 Å². The zero-order valence-electron chi connectivity index (χ0n) is 14.8. The molecule has 0 bridgehead atoms. The van der Waals surface area contributed by atoms with Crippen LogP contribution in [0.1, 0.15) is 12.8 Å². The van der Waals surface area contributed by atoms with Crippen LogP contribution < -0.4 is 0 Å². The lowest BCUT2D eigenvalue weighted by Crippen LogP contribution is -2.51. The normalized spacial score (nSPS) is 23.1. The molecule has 0 aromatic heterocycles. The third-order valence-electron chi connectivity index (χ3n) is 4.50. The Morgan fingerprint density at radius 3 is 2.16 bits per heavy atom. The zero-order valence-corrected chi connectivity index (χ0v) is 16.5. The van der Waals surface area contributed by atoms with Crippen LogP contribution in [0.2, 0.25) is 0 Å². The van der Waals surface area contributed by atoms with Crippen LogP contribution >= 0.6 is 0 Å². The van der Waals surface area contributed by atoms with E-state index in [0.717, 1.165) is 12.7 Å². The van der Waals surface area contributed by atoms with Gasteiger partial charge in [0.05, 0.1) is 16.4 Å². The van der Waals surface area contributed by atoms with Gasteiger partial charge in [0.1, 0.15) is 0 Å². The smallest absolute Gasteiger partial charge is 0.243 e. The Bertz CT molecular complexity index is 803. The minimum absolute atomic E-state index is 0.0680. The molecule has 0 aliphatic carbocycles. The van der Waals surface area contributed by atoms with Crippen molar-refractivity contribution in [3.05, 3.63) is 24.3 Å². The predicted molar refractivity (Wildman–Crippen MR) is 95.6 cm³/mol. The Balaban J connectivity index is 2.29. The molecular weight excluding hydrogens is 364 g/mol. The molecule has 7 nitrogen and oxygen atoms in total. The minimum Gasteiger partial charge on any atom is -0.396 e. The number of nitrogens with zero attached hydrogens (tertiary/aromatic N) is 2. The number of benzene rings is 1. The molecule has 1 aliphatic heterocycles. The number of rotatable bonds is 6. The Kier molecular flexibility index (Phi) is 5.95. The molecule has 0 radical (unpaired) electrons. The molecule has 1 aliphatic rings. The van der Waals surface area contributed by atoms with Gasteiger partial charge in [-0.15, -0.1) is 0 Å². The van der Waals surface area contributed by atoms with Crippen molar-refractivity contribution in [1.29, 1.82) is 0 Å². The summed E-state index contributed by atoms with van der Waals surface area (Å²) in [5.41, 5.74) is -0.485. The first kappa shape index (κ1) is 20.3. The largest absolute Gasteiger partial charge is 0.396 e. The van der Waals surface area contributed by atoms with E-state index in [-0.39, 0.29) is 22.9 Å². The maximum atomic E-state index is 12.9. The number of sulfonamides is 1. The Hall–Kier alpha value is -1.00. The molecule has 0 amide bonds. The van der Waals surface area contributed by atoms with E-state index >= 15 is 0 Å². The van der Waals surface area contributed by atoms with E-state index in [1.807, 2.05) is 19.0 Å². The maximum absolute atomic E-state index is 12.9.